The van der Waals surface area contributed by atoms with Crippen molar-refractivity contribution in [3.63, 3.8) is 0 Å². The SMILES string of the molecule is Cc1oc2c(C)c3oc(=O)c(CCC(=O)N4C[C@@H]5C[C@@H](C4)c4ccc([N+](=O)[O-])c(=O)n4C5)c(C)c3cc2c1-c1ccccc1. The van der Waals surface area contributed by atoms with Crippen molar-refractivity contribution >= 4 is 33.5 Å². The number of piperidine rings is 1. The number of carbonyl (C=O) groups is 1. The molecule has 5 aromatic rings. The summed E-state index contributed by atoms with van der Waals surface area (Å²) >= 11 is 0. The molecule has 1 fully saturated rings. The molecular weight excluding hydrogens is 562 g/mol. The second-order valence-corrected chi connectivity index (χ2v) is 12.1. The first kappa shape index (κ1) is 27.8. The molecule has 1 amide bonds. The number of likely N-dealkylation sites (tertiary alicyclic amines) is 1. The monoisotopic (exact) mass is 593 g/mol. The maximum atomic E-state index is 13.5. The molecule has 10 heteroatoms. The molecule has 0 spiro atoms. The number of aromatic nitrogens is 1. The van der Waals surface area contributed by atoms with Gasteiger partial charge in [-0.05, 0) is 62.8 Å². The van der Waals surface area contributed by atoms with Gasteiger partial charge in [-0.2, -0.15) is 0 Å². The lowest BCUT2D eigenvalue weighted by molar-refractivity contribution is -0.386. The summed E-state index contributed by atoms with van der Waals surface area (Å²) < 4.78 is 13.5. The van der Waals surface area contributed by atoms with Gasteiger partial charge in [0.1, 0.15) is 16.9 Å². The summed E-state index contributed by atoms with van der Waals surface area (Å²) in [7, 11) is 0. The van der Waals surface area contributed by atoms with Crippen molar-refractivity contribution in [3.8, 4) is 11.1 Å². The number of nitrogens with zero attached hydrogens (tertiary/aromatic N) is 3. The third kappa shape index (κ3) is 4.35. The Morgan fingerprint density at radius 1 is 0.955 bits per heavy atom. The van der Waals surface area contributed by atoms with E-state index >= 15 is 0 Å². The minimum atomic E-state index is -0.649. The van der Waals surface area contributed by atoms with Gasteiger partial charge in [0.2, 0.25) is 5.91 Å². The maximum absolute atomic E-state index is 13.5. The van der Waals surface area contributed by atoms with Gasteiger partial charge in [0, 0.05) is 71.2 Å². The highest BCUT2D eigenvalue weighted by Crippen LogP contribution is 2.40. The van der Waals surface area contributed by atoms with Crippen molar-refractivity contribution in [2.24, 2.45) is 5.92 Å². The third-order valence-corrected chi connectivity index (χ3v) is 9.42. The maximum Gasteiger partial charge on any atom is 0.339 e. The Kier molecular flexibility index (Phi) is 6.53. The number of pyridine rings is 1. The lowest BCUT2D eigenvalue weighted by atomic mass is 9.83. The van der Waals surface area contributed by atoms with Crippen LogP contribution in [-0.4, -0.2) is 33.4 Å². The number of carbonyl (C=O) groups excluding carboxylic acids is 1. The molecular formula is C34H31N3O7. The molecule has 5 heterocycles. The van der Waals surface area contributed by atoms with Crippen molar-refractivity contribution < 1.29 is 18.6 Å². The van der Waals surface area contributed by atoms with E-state index in [2.05, 4.69) is 0 Å². The Balaban J connectivity index is 1.17. The number of benzene rings is 2. The van der Waals surface area contributed by atoms with E-state index < -0.39 is 21.8 Å². The Morgan fingerprint density at radius 3 is 2.45 bits per heavy atom. The highest BCUT2D eigenvalue weighted by molar-refractivity contribution is 6.05. The Hall–Kier alpha value is -4.99. The predicted molar refractivity (Wildman–Crippen MR) is 165 cm³/mol. The van der Waals surface area contributed by atoms with Gasteiger partial charge < -0.3 is 18.3 Å². The number of hydrogen-bond acceptors (Lipinski definition) is 7. The van der Waals surface area contributed by atoms with Crippen LogP contribution in [0.15, 0.2) is 67.0 Å². The van der Waals surface area contributed by atoms with Crippen LogP contribution in [0.4, 0.5) is 5.69 Å². The van der Waals surface area contributed by atoms with Gasteiger partial charge in [-0.3, -0.25) is 19.7 Å². The highest BCUT2D eigenvalue weighted by atomic mass is 16.6. The Labute approximate surface area is 251 Å². The van der Waals surface area contributed by atoms with Gasteiger partial charge in [-0.15, -0.1) is 0 Å². The summed E-state index contributed by atoms with van der Waals surface area (Å²) in [6.45, 7) is 6.97. The van der Waals surface area contributed by atoms with Crippen molar-refractivity contribution in [1.82, 2.24) is 9.47 Å². The summed E-state index contributed by atoms with van der Waals surface area (Å²) in [5.74, 6) is 0.669. The number of fused-ring (bicyclic) bond motifs is 6. The van der Waals surface area contributed by atoms with Crippen LogP contribution < -0.4 is 11.2 Å². The first-order valence-corrected chi connectivity index (χ1v) is 14.8. The normalized spacial score (nSPS) is 17.7. The van der Waals surface area contributed by atoms with Gasteiger partial charge in [0.05, 0.1) is 4.92 Å². The molecule has 1 saturated heterocycles. The van der Waals surface area contributed by atoms with Crippen LogP contribution in [0.1, 0.15) is 46.9 Å². The van der Waals surface area contributed by atoms with Crippen LogP contribution in [0, 0.1) is 36.8 Å². The summed E-state index contributed by atoms with van der Waals surface area (Å²) in [5, 5.41) is 13.0. The summed E-state index contributed by atoms with van der Waals surface area (Å²) in [4.78, 5) is 51.8. The van der Waals surface area contributed by atoms with Crippen LogP contribution in [0.25, 0.3) is 33.1 Å². The van der Waals surface area contributed by atoms with Crippen LogP contribution >= 0.6 is 0 Å². The third-order valence-electron chi connectivity index (χ3n) is 9.42. The quantitative estimate of drug-likeness (QED) is 0.144. The second kappa shape index (κ2) is 10.3. The average Bonchev–Trinajstić information content (AvgIpc) is 3.34. The number of hydrogen-bond donors (Lipinski definition) is 0. The van der Waals surface area contributed by atoms with E-state index in [9.17, 15) is 24.5 Å². The zero-order valence-corrected chi connectivity index (χ0v) is 24.7. The van der Waals surface area contributed by atoms with Gasteiger partial charge in [-0.1, -0.05) is 30.3 Å². The molecule has 2 atom stereocenters. The smallest absolute Gasteiger partial charge is 0.339 e. The first-order chi connectivity index (χ1) is 21.1. The molecule has 10 nitrogen and oxygen atoms in total. The fourth-order valence-electron chi connectivity index (χ4n) is 7.29. The number of furan rings is 1. The van der Waals surface area contributed by atoms with E-state index in [1.54, 1.807) is 11.0 Å². The van der Waals surface area contributed by atoms with E-state index in [0.717, 1.165) is 50.9 Å². The number of nitro groups is 1. The molecule has 0 unspecified atom stereocenters. The lowest BCUT2D eigenvalue weighted by Gasteiger charge is -2.42. The zero-order valence-electron chi connectivity index (χ0n) is 24.7. The van der Waals surface area contributed by atoms with Crippen LogP contribution in [0.2, 0.25) is 0 Å². The highest BCUT2D eigenvalue weighted by Gasteiger charge is 2.37. The standard InChI is InChI=1S/C34H31N3O7/c1-18-24(9-12-29(38)35-15-21-13-23(17-35)27-10-11-28(37(41)42)33(39)36(27)16-21)34(40)44-31-19(2)32-26(14-25(18)31)30(20(3)43-32)22-7-5-4-6-8-22/h4-8,10-11,14,21,23H,9,12-13,15-17H2,1-3H3/t21-,23-/m0/s1. The van der Waals surface area contributed by atoms with Crippen molar-refractivity contribution in [2.75, 3.05) is 13.1 Å². The molecule has 7 rings (SSSR count). The van der Waals surface area contributed by atoms with Gasteiger partial charge in [0.15, 0.2) is 0 Å². The van der Waals surface area contributed by atoms with Crippen molar-refractivity contribution in [2.45, 2.75) is 52.5 Å². The lowest BCUT2D eigenvalue weighted by Crippen LogP contribution is -2.49. The van der Waals surface area contributed by atoms with Crippen LogP contribution in [0.5, 0.6) is 0 Å². The summed E-state index contributed by atoms with van der Waals surface area (Å²) in [5.41, 5.74) is 4.50. The van der Waals surface area contributed by atoms with Crippen LogP contribution in [-0.2, 0) is 17.8 Å². The van der Waals surface area contributed by atoms with E-state index in [4.69, 9.17) is 8.83 Å². The molecule has 0 N–H and O–H groups in total. The topological polar surface area (TPSA) is 129 Å². The molecule has 2 aromatic carbocycles. The first-order valence-electron chi connectivity index (χ1n) is 14.8. The molecule has 0 saturated carbocycles. The molecule has 0 radical (unpaired) electrons. The molecule has 224 valence electrons. The second-order valence-electron chi connectivity index (χ2n) is 12.1. The molecule has 2 aliphatic heterocycles. The average molecular weight is 594 g/mol. The largest absolute Gasteiger partial charge is 0.460 e. The van der Waals surface area contributed by atoms with Gasteiger partial charge >= 0.3 is 16.9 Å². The Morgan fingerprint density at radius 2 is 1.70 bits per heavy atom. The number of aryl methyl sites for hydroxylation is 3. The summed E-state index contributed by atoms with van der Waals surface area (Å²) in [6, 6.07) is 15.0. The minimum Gasteiger partial charge on any atom is -0.460 e. The van der Waals surface area contributed by atoms with Crippen molar-refractivity contribution in [3.05, 3.63) is 108 Å². The molecule has 3 aromatic heterocycles. The fraction of sp³-hybridized carbons (Fsp3) is 0.324. The fourth-order valence-corrected chi connectivity index (χ4v) is 7.29. The van der Waals surface area contributed by atoms with Crippen LogP contribution in [0.3, 0.4) is 0 Å². The summed E-state index contributed by atoms with van der Waals surface area (Å²) in [6.07, 6.45) is 1.20. The van der Waals surface area contributed by atoms with Gasteiger partial charge in [0.25, 0.3) is 0 Å². The number of amides is 1. The molecule has 0 aliphatic carbocycles. The van der Waals surface area contributed by atoms with E-state index in [-0.39, 0.29) is 30.6 Å². The van der Waals surface area contributed by atoms with E-state index in [1.807, 2.05) is 57.2 Å². The predicted octanol–water partition coefficient (Wildman–Crippen LogP) is 5.78. The Bertz CT molecular complexity index is 2120. The molecule has 44 heavy (non-hydrogen) atoms. The number of rotatable bonds is 5. The zero-order chi connectivity index (χ0) is 30.9. The van der Waals surface area contributed by atoms with Crippen molar-refractivity contribution in [1.29, 1.82) is 0 Å². The van der Waals surface area contributed by atoms with E-state index in [1.165, 1.54) is 10.6 Å². The molecule has 2 bridgehead atoms. The van der Waals surface area contributed by atoms with Gasteiger partial charge in [-0.25, -0.2) is 4.79 Å². The van der Waals surface area contributed by atoms with E-state index in [0.29, 0.717) is 36.4 Å². The molecule has 2 aliphatic rings. The minimum absolute atomic E-state index is 0.0278.